The predicted molar refractivity (Wildman–Crippen MR) is 130 cm³/mol. The van der Waals surface area contributed by atoms with Gasteiger partial charge in [-0.05, 0) is 30.9 Å². The number of carbonyl (C=O) groups is 2. The second-order valence-corrected chi connectivity index (χ2v) is 8.58. The van der Waals surface area contributed by atoms with E-state index in [-0.39, 0.29) is 35.6 Å². The van der Waals surface area contributed by atoms with Gasteiger partial charge in [-0.15, -0.1) is 0 Å². The monoisotopic (exact) mass is 461 g/mol. The second kappa shape index (κ2) is 11.0. The lowest BCUT2D eigenvalue weighted by Crippen LogP contribution is -2.44. The molecule has 1 aliphatic heterocycles. The van der Waals surface area contributed by atoms with Crippen LogP contribution >= 0.6 is 0 Å². The van der Waals surface area contributed by atoms with Crippen molar-refractivity contribution >= 4 is 11.9 Å². The molecule has 1 aliphatic rings. The Morgan fingerprint density at radius 3 is 2.15 bits per heavy atom. The number of carbonyl (C=O) groups excluding carboxylic acids is 2. The van der Waals surface area contributed by atoms with Crippen LogP contribution in [0.1, 0.15) is 51.7 Å². The molecular weight excluding hydrogens is 430 g/mol. The van der Waals surface area contributed by atoms with E-state index in [2.05, 4.69) is 22.3 Å². The van der Waals surface area contributed by atoms with Crippen LogP contribution in [0.5, 0.6) is 5.75 Å². The van der Waals surface area contributed by atoms with Crippen LogP contribution in [0, 0.1) is 0 Å². The van der Waals surface area contributed by atoms with E-state index in [4.69, 9.17) is 4.74 Å². The molecule has 0 bridgehead atoms. The van der Waals surface area contributed by atoms with Crippen molar-refractivity contribution in [1.29, 1.82) is 0 Å². The molecule has 0 aliphatic carbocycles. The van der Waals surface area contributed by atoms with Gasteiger partial charge in [0.25, 0.3) is 5.91 Å². The average Bonchev–Trinajstić information content (AvgIpc) is 3.17. The predicted octanol–water partition coefficient (Wildman–Crippen LogP) is 3.81. The Bertz CT molecular complexity index is 1100. The van der Waals surface area contributed by atoms with E-state index in [1.807, 2.05) is 48.5 Å². The molecule has 0 saturated carbocycles. The zero-order valence-corrected chi connectivity index (χ0v) is 19.4. The van der Waals surface area contributed by atoms with Gasteiger partial charge in [0.15, 0.2) is 11.4 Å². The van der Waals surface area contributed by atoms with Crippen molar-refractivity contribution in [1.82, 2.24) is 14.8 Å². The molecule has 0 radical (unpaired) electrons. The van der Waals surface area contributed by atoms with Crippen molar-refractivity contribution in [3.63, 3.8) is 0 Å². The van der Waals surface area contributed by atoms with Crippen molar-refractivity contribution in [2.45, 2.75) is 38.9 Å². The molecular formula is C27H31N3O4. The summed E-state index contributed by atoms with van der Waals surface area (Å²) >= 11 is 0. The van der Waals surface area contributed by atoms with E-state index >= 15 is 0 Å². The molecule has 34 heavy (non-hydrogen) atoms. The van der Waals surface area contributed by atoms with Crippen molar-refractivity contribution in [2.24, 2.45) is 0 Å². The Morgan fingerprint density at radius 2 is 1.56 bits per heavy atom. The quantitative estimate of drug-likeness (QED) is 0.499. The number of nitrogens with one attached hydrogen (secondary N) is 1. The number of rotatable bonds is 8. The van der Waals surface area contributed by atoms with E-state index in [1.165, 1.54) is 11.8 Å². The second-order valence-electron chi connectivity index (χ2n) is 8.58. The Kier molecular flexibility index (Phi) is 7.65. The van der Waals surface area contributed by atoms with Crippen LogP contribution in [-0.4, -0.2) is 52.2 Å². The lowest BCUT2D eigenvalue weighted by Gasteiger charge is -2.32. The summed E-state index contributed by atoms with van der Waals surface area (Å²) in [6.07, 6.45) is 3.19. The first kappa shape index (κ1) is 23.6. The summed E-state index contributed by atoms with van der Waals surface area (Å²) in [5.74, 6) is -1.37. The van der Waals surface area contributed by atoms with Crippen LogP contribution in [0.2, 0.25) is 0 Å². The fourth-order valence-electron chi connectivity index (χ4n) is 4.37. The zero-order valence-electron chi connectivity index (χ0n) is 19.4. The highest BCUT2D eigenvalue weighted by molar-refractivity contribution is 6.02. The van der Waals surface area contributed by atoms with Crippen LogP contribution < -0.4 is 5.32 Å². The molecule has 0 atom stereocenters. The van der Waals surface area contributed by atoms with Gasteiger partial charge in [-0.3, -0.25) is 9.69 Å². The molecule has 2 aromatic carbocycles. The Balaban J connectivity index is 1.43. The zero-order chi connectivity index (χ0) is 23.9. The molecule has 1 amide bonds. The smallest absolute Gasteiger partial charge is 0.358 e. The number of esters is 1. The summed E-state index contributed by atoms with van der Waals surface area (Å²) < 4.78 is 6.72. The molecule has 2 heterocycles. The number of aromatic hydroxyl groups is 1. The van der Waals surface area contributed by atoms with E-state index < -0.39 is 5.97 Å². The number of amides is 1. The molecule has 3 aromatic rings. The first-order chi connectivity index (χ1) is 16.5. The number of benzene rings is 2. The minimum atomic E-state index is -0.649. The number of likely N-dealkylation sites (tertiary alicyclic amines) is 1. The normalized spacial score (nSPS) is 14.6. The Hall–Kier alpha value is -3.58. The van der Waals surface area contributed by atoms with Gasteiger partial charge in [0.1, 0.15) is 0 Å². The van der Waals surface area contributed by atoms with Gasteiger partial charge in [0, 0.05) is 38.4 Å². The maximum absolute atomic E-state index is 13.1. The number of hydrogen-bond acceptors (Lipinski definition) is 5. The van der Waals surface area contributed by atoms with Crippen molar-refractivity contribution in [3.8, 4) is 5.75 Å². The third-order valence-electron chi connectivity index (χ3n) is 6.13. The largest absolute Gasteiger partial charge is 0.505 e. The number of ether oxygens (including phenoxy) is 1. The SMILES string of the molecule is CCOC(=O)c1c(O)c(C(=O)NC2CCN(Cc3ccccc3)CC2)cn1Cc1ccccc1. The molecule has 4 rings (SSSR count). The van der Waals surface area contributed by atoms with Crippen molar-refractivity contribution in [2.75, 3.05) is 19.7 Å². The van der Waals surface area contributed by atoms with Gasteiger partial charge in [0.05, 0.1) is 12.2 Å². The van der Waals surface area contributed by atoms with Gasteiger partial charge >= 0.3 is 5.97 Å². The maximum Gasteiger partial charge on any atom is 0.358 e. The molecule has 178 valence electrons. The standard InChI is InChI=1S/C27H31N3O4/c1-2-34-27(33)24-25(31)23(19-30(24)18-21-11-7-4-8-12-21)26(32)28-22-13-15-29(16-14-22)17-20-9-5-3-6-10-20/h3-12,19,22,31H,2,13-18H2,1H3,(H,28,32). The highest BCUT2D eigenvalue weighted by Gasteiger charge is 2.28. The number of hydrogen-bond donors (Lipinski definition) is 2. The first-order valence-electron chi connectivity index (χ1n) is 11.8. The van der Waals surface area contributed by atoms with Gasteiger partial charge in [-0.1, -0.05) is 60.7 Å². The van der Waals surface area contributed by atoms with Crippen LogP contribution in [0.25, 0.3) is 0 Å². The molecule has 1 saturated heterocycles. The van der Waals surface area contributed by atoms with Gasteiger partial charge in [-0.25, -0.2) is 4.79 Å². The van der Waals surface area contributed by atoms with Crippen LogP contribution in [0.15, 0.2) is 66.9 Å². The summed E-state index contributed by atoms with van der Waals surface area (Å²) in [5.41, 5.74) is 2.31. The summed E-state index contributed by atoms with van der Waals surface area (Å²) in [6, 6.07) is 19.9. The van der Waals surface area contributed by atoms with E-state index in [9.17, 15) is 14.7 Å². The van der Waals surface area contributed by atoms with E-state index in [0.29, 0.717) is 6.54 Å². The third kappa shape index (κ3) is 5.66. The fourth-order valence-corrected chi connectivity index (χ4v) is 4.37. The summed E-state index contributed by atoms with van der Waals surface area (Å²) in [5, 5.41) is 13.8. The van der Waals surface area contributed by atoms with Gasteiger partial charge in [0.2, 0.25) is 0 Å². The first-order valence-corrected chi connectivity index (χ1v) is 11.8. The average molecular weight is 462 g/mol. The van der Waals surface area contributed by atoms with Crippen molar-refractivity contribution in [3.05, 3.63) is 89.2 Å². The van der Waals surface area contributed by atoms with E-state index in [1.54, 1.807) is 11.5 Å². The number of nitrogens with zero attached hydrogens (tertiary/aromatic N) is 2. The topological polar surface area (TPSA) is 83.8 Å². The molecule has 1 aromatic heterocycles. The number of piperidine rings is 1. The molecule has 1 fully saturated rings. The highest BCUT2D eigenvalue weighted by atomic mass is 16.5. The van der Waals surface area contributed by atoms with Gasteiger partial charge < -0.3 is 19.7 Å². The lowest BCUT2D eigenvalue weighted by molar-refractivity contribution is 0.0511. The fraction of sp³-hybridized carbons (Fsp3) is 0.333. The molecule has 7 nitrogen and oxygen atoms in total. The van der Waals surface area contributed by atoms with Crippen LogP contribution in [-0.2, 0) is 17.8 Å². The summed E-state index contributed by atoms with van der Waals surface area (Å²) in [6.45, 7) is 4.89. The molecule has 0 unspecified atom stereocenters. The summed E-state index contributed by atoms with van der Waals surface area (Å²) in [7, 11) is 0. The number of aromatic nitrogens is 1. The third-order valence-corrected chi connectivity index (χ3v) is 6.13. The molecule has 7 heteroatoms. The minimum Gasteiger partial charge on any atom is -0.505 e. The van der Waals surface area contributed by atoms with Crippen LogP contribution in [0.4, 0.5) is 0 Å². The van der Waals surface area contributed by atoms with Gasteiger partial charge in [-0.2, -0.15) is 0 Å². The molecule has 0 spiro atoms. The maximum atomic E-state index is 13.1. The van der Waals surface area contributed by atoms with Crippen molar-refractivity contribution < 1.29 is 19.4 Å². The van der Waals surface area contributed by atoms with E-state index in [0.717, 1.165) is 38.0 Å². The Morgan fingerprint density at radius 1 is 0.971 bits per heavy atom. The summed E-state index contributed by atoms with van der Waals surface area (Å²) in [4.78, 5) is 28.0. The Labute approximate surface area is 200 Å². The molecule has 2 N–H and O–H groups in total. The highest BCUT2D eigenvalue weighted by Crippen LogP contribution is 2.27. The lowest BCUT2D eigenvalue weighted by atomic mass is 10.0. The minimum absolute atomic E-state index is 0.00599. The van der Waals surface area contributed by atoms with Crippen LogP contribution in [0.3, 0.4) is 0 Å².